The third kappa shape index (κ3) is 2.16. The standard InChI is InChI=1S/C6H11N3O/c7-1-2-8-3-6-4-9-5-10-6/h4-5,8H,1-3,7H2. The fraction of sp³-hybridized carbons (Fsp3) is 0.500. The Labute approximate surface area is 59.4 Å². The summed E-state index contributed by atoms with van der Waals surface area (Å²) in [6.45, 7) is 2.16. The van der Waals surface area contributed by atoms with Crippen molar-refractivity contribution in [2.75, 3.05) is 13.1 Å². The summed E-state index contributed by atoms with van der Waals surface area (Å²) < 4.78 is 4.97. The van der Waals surface area contributed by atoms with Crippen molar-refractivity contribution in [2.24, 2.45) is 5.73 Å². The second-order valence-corrected chi connectivity index (χ2v) is 1.93. The molecule has 0 amide bonds. The van der Waals surface area contributed by atoms with E-state index in [1.807, 2.05) is 0 Å². The van der Waals surface area contributed by atoms with Crippen LogP contribution in [0.5, 0.6) is 0 Å². The Bertz CT molecular complexity index is 162. The van der Waals surface area contributed by atoms with Crippen molar-refractivity contribution >= 4 is 0 Å². The first-order chi connectivity index (χ1) is 4.93. The van der Waals surface area contributed by atoms with Crippen LogP contribution in [0.15, 0.2) is 17.0 Å². The van der Waals surface area contributed by atoms with Crippen LogP contribution in [0.1, 0.15) is 5.76 Å². The largest absolute Gasteiger partial charge is 0.447 e. The summed E-state index contributed by atoms with van der Waals surface area (Å²) in [5.74, 6) is 0.841. The van der Waals surface area contributed by atoms with Crippen molar-refractivity contribution in [3.05, 3.63) is 18.4 Å². The van der Waals surface area contributed by atoms with Gasteiger partial charge in [-0.3, -0.25) is 0 Å². The molecule has 0 bridgehead atoms. The lowest BCUT2D eigenvalue weighted by atomic mass is 10.5. The van der Waals surface area contributed by atoms with E-state index in [-0.39, 0.29) is 0 Å². The van der Waals surface area contributed by atoms with Crippen LogP contribution in [0.4, 0.5) is 0 Å². The normalized spacial score (nSPS) is 10.1. The lowest BCUT2D eigenvalue weighted by Gasteiger charge is -1.96. The maximum Gasteiger partial charge on any atom is 0.180 e. The molecular weight excluding hydrogens is 130 g/mol. The second kappa shape index (κ2) is 4.03. The number of hydrogen-bond donors (Lipinski definition) is 2. The molecule has 0 radical (unpaired) electrons. The van der Waals surface area contributed by atoms with Crippen molar-refractivity contribution in [1.29, 1.82) is 0 Å². The fourth-order valence-electron chi connectivity index (χ4n) is 0.643. The van der Waals surface area contributed by atoms with Gasteiger partial charge in [0.15, 0.2) is 6.39 Å². The Balaban J connectivity index is 2.15. The van der Waals surface area contributed by atoms with E-state index in [1.54, 1.807) is 6.20 Å². The zero-order valence-electron chi connectivity index (χ0n) is 5.71. The van der Waals surface area contributed by atoms with Gasteiger partial charge in [-0.1, -0.05) is 0 Å². The van der Waals surface area contributed by atoms with Crippen LogP contribution in [0.2, 0.25) is 0 Å². The molecule has 1 heterocycles. The zero-order chi connectivity index (χ0) is 7.23. The van der Waals surface area contributed by atoms with E-state index in [1.165, 1.54) is 6.39 Å². The van der Waals surface area contributed by atoms with Crippen LogP contribution < -0.4 is 11.1 Å². The lowest BCUT2D eigenvalue weighted by molar-refractivity contribution is 0.481. The van der Waals surface area contributed by atoms with Gasteiger partial charge in [0.2, 0.25) is 0 Å². The van der Waals surface area contributed by atoms with E-state index >= 15 is 0 Å². The molecule has 0 unspecified atom stereocenters. The summed E-state index contributed by atoms with van der Waals surface area (Å²) in [5.41, 5.74) is 5.26. The molecule has 0 fully saturated rings. The van der Waals surface area contributed by atoms with Crippen molar-refractivity contribution < 1.29 is 4.42 Å². The number of aromatic nitrogens is 1. The summed E-state index contributed by atoms with van der Waals surface area (Å²) in [4.78, 5) is 3.76. The molecule has 0 atom stereocenters. The number of oxazole rings is 1. The maximum absolute atomic E-state index is 5.26. The molecule has 56 valence electrons. The molecule has 4 heteroatoms. The minimum absolute atomic E-state index is 0.647. The van der Waals surface area contributed by atoms with Crippen molar-refractivity contribution in [1.82, 2.24) is 10.3 Å². The Hall–Kier alpha value is -0.870. The van der Waals surface area contributed by atoms with Crippen LogP contribution in [-0.2, 0) is 6.54 Å². The quantitative estimate of drug-likeness (QED) is 0.566. The third-order valence-corrected chi connectivity index (χ3v) is 1.10. The first-order valence-corrected chi connectivity index (χ1v) is 3.21. The van der Waals surface area contributed by atoms with Crippen molar-refractivity contribution in [3.63, 3.8) is 0 Å². The number of hydrogen-bond acceptors (Lipinski definition) is 4. The highest BCUT2D eigenvalue weighted by Gasteiger charge is 1.92. The summed E-state index contributed by atoms with van der Waals surface area (Å²) >= 11 is 0. The Morgan fingerprint density at radius 2 is 2.60 bits per heavy atom. The molecule has 0 aliphatic carbocycles. The topological polar surface area (TPSA) is 64.1 Å². The van der Waals surface area contributed by atoms with Gasteiger partial charge in [-0.05, 0) is 0 Å². The number of nitrogens with zero attached hydrogens (tertiary/aromatic N) is 1. The highest BCUT2D eigenvalue weighted by molar-refractivity contribution is 4.86. The summed E-state index contributed by atoms with van der Waals surface area (Å²) in [7, 11) is 0. The zero-order valence-corrected chi connectivity index (χ0v) is 5.71. The first-order valence-electron chi connectivity index (χ1n) is 3.21. The Kier molecular flexibility index (Phi) is 2.92. The minimum atomic E-state index is 0.647. The molecule has 1 aromatic rings. The minimum Gasteiger partial charge on any atom is -0.447 e. The van der Waals surface area contributed by atoms with E-state index in [0.29, 0.717) is 13.1 Å². The molecule has 0 saturated heterocycles. The monoisotopic (exact) mass is 141 g/mol. The number of nitrogens with one attached hydrogen (secondary N) is 1. The molecule has 1 aromatic heterocycles. The highest BCUT2D eigenvalue weighted by Crippen LogP contribution is 1.93. The molecule has 3 N–H and O–H groups in total. The third-order valence-electron chi connectivity index (χ3n) is 1.10. The van der Waals surface area contributed by atoms with Gasteiger partial charge >= 0.3 is 0 Å². The molecular formula is C6H11N3O. The molecule has 1 rings (SSSR count). The van der Waals surface area contributed by atoms with Gasteiger partial charge < -0.3 is 15.5 Å². The van der Waals surface area contributed by atoms with E-state index in [2.05, 4.69) is 10.3 Å². The van der Waals surface area contributed by atoms with E-state index in [9.17, 15) is 0 Å². The molecule has 4 nitrogen and oxygen atoms in total. The molecule has 0 saturated carbocycles. The SMILES string of the molecule is NCCNCc1cnco1. The highest BCUT2D eigenvalue weighted by atomic mass is 16.3. The van der Waals surface area contributed by atoms with Crippen LogP contribution in [0.3, 0.4) is 0 Å². The van der Waals surface area contributed by atoms with Crippen LogP contribution in [0.25, 0.3) is 0 Å². The predicted octanol–water partition coefficient (Wildman–Crippen LogP) is -0.277. The van der Waals surface area contributed by atoms with Gasteiger partial charge in [0, 0.05) is 13.1 Å². The Morgan fingerprint density at radius 3 is 3.20 bits per heavy atom. The lowest BCUT2D eigenvalue weighted by Crippen LogP contribution is -2.21. The summed E-state index contributed by atoms with van der Waals surface area (Å²) in [6.07, 6.45) is 3.10. The van der Waals surface area contributed by atoms with Gasteiger partial charge in [0.1, 0.15) is 5.76 Å². The van der Waals surface area contributed by atoms with Crippen LogP contribution in [-0.4, -0.2) is 18.1 Å². The van der Waals surface area contributed by atoms with Crippen molar-refractivity contribution in [2.45, 2.75) is 6.54 Å². The van der Waals surface area contributed by atoms with Gasteiger partial charge in [-0.15, -0.1) is 0 Å². The van der Waals surface area contributed by atoms with Crippen LogP contribution in [0, 0.1) is 0 Å². The van der Waals surface area contributed by atoms with Crippen molar-refractivity contribution in [3.8, 4) is 0 Å². The predicted molar refractivity (Wildman–Crippen MR) is 37.3 cm³/mol. The van der Waals surface area contributed by atoms with E-state index in [0.717, 1.165) is 12.3 Å². The summed E-state index contributed by atoms with van der Waals surface area (Å²) in [6, 6.07) is 0. The van der Waals surface area contributed by atoms with Gasteiger partial charge in [-0.2, -0.15) is 0 Å². The number of rotatable bonds is 4. The summed E-state index contributed by atoms with van der Waals surface area (Å²) in [5, 5.41) is 3.08. The average Bonchev–Trinajstić information content (AvgIpc) is 2.41. The fourth-order valence-corrected chi connectivity index (χ4v) is 0.643. The van der Waals surface area contributed by atoms with Gasteiger partial charge in [0.05, 0.1) is 12.7 Å². The molecule has 0 aliphatic rings. The van der Waals surface area contributed by atoms with Crippen LogP contribution >= 0.6 is 0 Å². The average molecular weight is 141 g/mol. The molecule has 0 aromatic carbocycles. The number of nitrogens with two attached hydrogens (primary N) is 1. The molecule has 0 aliphatic heterocycles. The Morgan fingerprint density at radius 1 is 1.70 bits per heavy atom. The smallest absolute Gasteiger partial charge is 0.180 e. The van der Waals surface area contributed by atoms with E-state index < -0.39 is 0 Å². The van der Waals surface area contributed by atoms with E-state index in [4.69, 9.17) is 10.2 Å². The van der Waals surface area contributed by atoms with Gasteiger partial charge in [0.25, 0.3) is 0 Å². The second-order valence-electron chi connectivity index (χ2n) is 1.93. The van der Waals surface area contributed by atoms with Gasteiger partial charge in [-0.25, -0.2) is 4.98 Å². The molecule has 10 heavy (non-hydrogen) atoms. The molecule has 0 spiro atoms. The maximum atomic E-state index is 5.26. The first kappa shape index (κ1) is 7.24.